The Morgan fingerprint density at radius 2 is 2.00 bits per heavy atom. The van der Waals surface area contributed by atoms with Gasteiger partial charge in [-0.25, -0.2) is 0 Å². The maximum atomic E-state index is 9.77. The molecule has 0 aliphatic carbocycles. The molecule has 0 radical (unpaired) electrons. The van der Waals surface area contributed by atoms with Crippen molar-refractivity contribution in [3.05, 3.63) is 82.9 Å². The summed E-state index contributed by atoms with van der Waals surface area (Å²) in [5, 5.41) is 17.8. The first kappa shape index (κ1) is 21.8. The monoisotopic (exact) mass is 482 g/mol. The molecule has 0 bridgehead atoms. The lowest BCUT2D eigenvalue weighted by molar-refractivity contribution is 0.302. The molecule has 7 heteroatoms. The summed E-state index contributed by atoms with van der Waals surface area (Å²) in [5.74, 6) is 1.21. The third-order valence-electron chi connectivity index (χ3n) is 6.96. The van der Waals surface area contributed by atoms with Crippen molar-refractivity contribution < 1.29 is 9.62 Å². The molecular weight excluding hydrogens is 456 g/mol. The molecule has 6 nitrogen and oxygen atoms in total. The zero-order chi connectivity index (χ0) is 23.8. The van der Waals surface area contributed by atoms with E-state index in [1.54, 1.807) is 17.4 Å². The van der Waals surface area contributed by atoms with Crippen molar-refractivity contribution in [3.8, 4) is 11.5 Å². The lowest BCUT2D eigenvalue weighted by Crippen LogP contribution is -2.34. The average molecular weight is 483 g/mol. The van der Waals surface area contributed by atoms with Gasteiger partial charge in [0.2, 0.25) is 0 Å². The molecule has 0 spiro atoms. The number of rotatable bonds is 4. The fourth-order valence-electron chi connectivity index (χ4n) is 5.06. The van der Waals surface area contributed by atoms with E-state index in [1.165, 1.54) is 11.3 Å². The molecule has 0 unspecified atom stereocenters. The number of thiophene rings is 1. The molecule has 1 saturated heterocycles. The molecule has 1 aromatic carbocycles. The van der Waals surface area contributed by atoms with Gasteiger partial charge >= 0.3 is 0 Å². The normalized spacial score (nSPS) is 15.3. The molecule has 5 aromatic rings. The topological polar surface area (TPSA) is 74.8 Å². The van der Waals surface area contributed by atoms with Crippen molar-refractivity contribution in [2.24, 2.45) is 11.1 Å². The maximum absolute atomic E-state index is 9.77. The molecule has 0 saturated carbocycles. The number of anilines is 1. The van der Waals surface area contributed by atoms with Gasteiger partial charge in [0.25, 0.3) is 0 Å². The van der Waals surface area contributed by atoms with Crippen molar-refractivity contribution in [1.29, 1.82) is 0 Å². The van der Waals surface area contributed by atoms with Crippen LogP contribution in [0.5, 0.6) is 0 Å². The van der Waals surface area contributed by atoms with Gasteiger partial charge in [-0.2, -0.15) is 0 Å². The summed E-state index contributed by atoms with van der Waals surface area (Å²) in [5.41, 5.74) is 4.99. The Kier molecular flexibility index (Phi) is 5.70. The number of hydrogen-bond donors (Lipinski definition) is 1. The second-order valence-electron chi connectivity index (χ2n) is 9.20. The Hall–Kier alpha value is -3.71. The molecule has 35 heavy (non-hydrogen) atoms. The number of piperidine rings is 1. The van der Waals surface area contributed by atoms with Crippen LogP contribution in [0.2, 0.25) is 0 Å². The summed E-state index contributed by atoms with van der Waals surface area (Å²) < 4.78 is 7.34. The zero-order valence-corrected chi connectivity index (χ0v) is 20.3. The quantitative estimate of drug-likeness (QED) is 0.245. The SMILES string of the molecule is Cc1ncccc1N1CCC(Cc2ccc3oc(-c4cc5sccc5cn4)c/c(=N\O)c3c2)CC1. The molecule has 6 rings (SSSR count). The largest absolute Gasteiger partial charge is 0.454 e. The Bertz CT molecular complexity index is 1580. The number of benzene rings is 1. The van der Waals surface area contributed by atoms with Crippen molar-refractivity contribution >= 4 is 38.1 Å². The minimum atomic E-state index is 0.498. The van der Waals surface area contributed by atoms with Crippen LogP contribution in [-0.4, -0.2) is 28.3 Å². The first-order chi connectivity index (χ1) is 17.2. The lowest BCUT2D eigenvalue weighted by Gasteiger charge is -2.34. The highest BCUT2D eigenvalue weighted by Crippen LogP contribution is 2.29. The van der Waals surface area contributed by atoms with Crippen molar-refractivity contribution in [3.63, 3.8) is 0 Å². The molecule has 1 aliphatic heterocycles. The van der Waals surface area contributed by atoms with Gasteiger partial charge in [0.15, 0.2) is 5.76 Å². The molecule has 0 atom stereocenters. The number of aryl methyl sites for hydroxylation is 1. The van der Waals surface area contributed by atoms with Gasteiger partial charge in [0.1, 0.15) is 16.6 Å². The minimum Gasteiger partial charge on any atom is -0.454 e. The molecule has 1 fully saturated rings. The molecule has 1 N–H and O–H groups in total. The smallest absolute Gasteiger partial charge is 0.155 e. The predicted octanol–water partition coefficient (Wildman–Crippen LogP) is 6.16. The number of aromatic nitrogens is 2. The second-order valence-corrected chi connectivity index (χ2v) is 10.1. The molecular formula is C28H26N4O2S. The van der Waals surface area contributed by atoms with Crippen LogP contribution >= 0.6 is 11.3 Å². The van der Waals surface area contributed by atoms with E-state index in [0.717, 1.165) is 59.2 Å². The standard InChI is InChI=1S/C28H26N4O2S/c1-18-25(3-2-9-29-18)32-10-6-19(7-11-32)13-20-4-5-26-22(14-20)23(31-33)15-27(34-26)24-16-28-21(17-30-24)8-12-35-28/h2-5,8-9,12,14-17,19,33H,6-7,10-11,13H2,1H3/b31-23+. The van der Waals surface area contributed by atoms with E-state index >= 15 is 0 Å². The fraction of sp³-hybridized carbons (Fsp3) is 0.250. The summed E-state index contributed by atoms with van der Waals surface area (Å²) in [4.78, 5) is 11.4. The summed E-state index contributed by atoms with van der Waals surface area (Å²) in [7, 11) is 0. The number of fused-ring (bicyclic) bond motifs is 2. The highest BCUT2D eigenvalue weighted by atomic mass is 32.1. The van der Waals surface area contributed by atoms with E-state index in [1.807, 2.05) is 42.0 Å². The Morgan fingerprint density at radius 1 is 1.11 bits per heavy atom. The Morgan fingerprint density at radius 3 is 2.83 bits per heavy atom. The zero-order valence-electron chi connectivity index (χ0n) is 19.5. The maximum Gasteiger partial charge on any atom is 0.155 e. The van der Waals surface area contributed by atoms with Gasteiger partial charge in [-0.15, -0.1) is 11.3 Å². The van der Waals surface area contributed by atoms with E-state index in [2.05, 4.69) is 45.1 Å². The third-order valence-corrected chi connectivity index (χ3v) is 7.84. The summed E-state index contributed by atoms with van der Waals surface area (Å²) in [6.45, 7) is 4.16. The number of pyridine rings is 2. The van der Waals surface area contributed by atoms with E-state index in [-0.39, 0.29) is 0 Å². The molecule has 4 aromatic heterocycles. The van der Waals surface area contributed by atoms with Gasteiger partial charge in [-0.1, -0.05) is 11.2 Å². The number of nitrogens with zero attached hydrogens (tertiary/aromatic N) is 4. The second kappa shape index (κ2) is 9.15. The van der Waals surface area contributed by atoms with Crippen LogP contribution in [-0.2, 0) is 6.42 Å². The fourth-order valence-corrected chi connectivity index (χ4v) is 5.86. The van der Waals surface area contributed by atoms with Crippen LogP contribution in [0.3, 0.4) is 0 Å². The third kappa shape index (κ3) is 4.28. The highest BCUT2D eigenvalue weighted by molar-refractivity contribution is 7.17. The van der Waals surface area contributed by atoms with Crippen LogP contribution in [0, 0.1) is 12.8 Å². The highest BCUT2D eigenvalue weighted by Gasteiger charge is 2.21. The minimum absolute atomic E-state index is 0.498. The van der Waals surface area contributed by atoms with Crippen molar-refractivity contribution in [1.82, 2.24) is 9.97 Å². The lowest BCUT2D eigenvalue weighted by atomic mass is 9.89. The van der Waals surface area contributed by atoms with E-state index in [4.69, 9.17) is 4.42 Å². The van der Waals surface area contributed by atoms with Gasteiger partial charge < -0.3 is 14.5 Å². The van der Waals surface area contributed by atoms with Gasteiger partial charge in [0.05, 0.1) is 11.4 Å². The Balaban J connectivity index is 1.23. The Labute approximate surface area is 207 Å². The van der Waals surface area contributed by atoms with Gasteiger partial charge in [-0.05, 0) is 79.4 Å². The average Bonchev–Trinajstić information content (AvgIpc) is 3.37. The van der Waals surface area contributed by atoms with Crippen LogP contribution in [0.4, 0.5) is 5.69 Å². The van der Waals surface area contributed by atoms with Crippen molar-refractivity contribution in [2.45, 2.75) is 26.2 Å². The predicted molar refractivity (Wildman–Crippen MR) is 140 cm³/mol. The van der Waals surface area contributed by atoms with Gasteiger partial charge in [0, 0.05) is 47.0 Å². The van der Waals surface area contributed by atoms with E-state index in [0.29, 0.717) is 22.6 Å². The molecule has 5 heterocycles. The van der Waals surface area contributed by atoms with E-state index < -0.39 is 0 Å². The van der Waals surface area contributed by atoms with Crippen LogP contribution in [0.25, 0.3) is 32.5 Å². The molecule has 0 amide bonds. The number of hydrogen-bond acceptors (Lipinski definition) is 7. The summed E-state index contributed by atoms with van der Waals surface area (Å²) in [6, 6.07) is 16.2. The molecule has 1 aliphatic rings. The van der Waals surface area contributed by atoms with E-state index in [9.17, 15) is 5.21 Å². The first-order valence-corrected chi connectivity index (χ1v) is 12.8. The van der Waals surface area contributed by atoms with Crippen LogP contribution in [0.1, 0.15) is 24.1 Å². The van der Waals surface area contributed by atoms with Crippen molar-refractivity contribution in [2.75, 3.05) is 18.0 Å². The first-order valence-electron chi connectivity index (χ1n) is 11.9. The summed E-state index contributed by atoms with van der Waals surface area (Å²) >= 11 is 1.67. The summed E-state index contributed by atoms with van der Waals surface area (Å²) in [6.07, 6.45) is 6.99. The van der Waals surface area contributed by atoms with Crippen LogP contribution < -0.4 is 10.3 Å². The molecule has 176 valence electrons. The van der Waals surface area contributed by atoms with Gasteiger partial charge in [-0.3, -0.25) is 9.97 Å². The van der Waals surface area contributed by atoms with Crippen LogP contribution in [0.15, 0.2) is 75.9 Å².